The lowest BCUT2D eigenvalue weighted by Crippen LogP contribution is -2.51. The van der Waals surface area contributed by atoms with E-state index in [0.29, 0.717) is 0 Å². The van der Waals surface area contributed by atoms with Crippen LogP contribution in [0, 0.1) is 0 Å². The summed E-state index contributed by atoms with van der Waals surface area (Å²) in [5.74, 6) is -7.66. The van der Waals surface area contributed by atoms with Crippen molar-refractivity contribution in [1.29, 1.82) is 0 Å². The van der Waals surface area contributed by atoms with E-state index in [1.54, 1.807) is 0 Å². The first-order valence-corrected chi connectivity index (χ1v) is 10.2. The van der Waals surface area contributed by atoms with Gasteiger partial charge in [0.05, 0.1) is 6.54 Å². The van der Waals surface area contributed by atoms with Crippen LogP contribution in [0.2, 0.25) is 0 Å². The molecular formula is C23H24F2N2O6. The molecule has 8 nitrogen and oxygen atoms in total. The van der Waals surface area contributed by atoms with Gasteiger partial charge in [-0.25, -0.2) is 9.59 Å². The second-order valence-corrected chi connectivity index (χ2v) is 7.53. The number of carboxylic acids is 1. The van der Waals surface area contributed by atoms with Crippen LogP contribution >= 0.6 is 0 Å². The molecule has 2 aromatic rings. The number of carboxylic acid groups (broad SMARTS) is 1. The number of hydrogen-bond acceptors (Lipinski definition) is 5. The molecule has 2 aromatic carbocycles. The maximum atomic E-state index is 13.3. The molecule has 1 unspecified atom stereocenters. The third-order valence-electron chi connectivity index (χ3n) is 5.36. The van der Waals surface area contributed by atoms with E-state index in [4.69, 9.17) is 14.6 Å². The Hall–Kier alpha value is -3.53. The van der Waals surface area contributed by atoms with Crippen LogP contribution in [-0.2, 0) is 19.1 Å². The smallest absolute Gasteiger partial charge is 0.407 e. The number of alkyl halides is 2. The molecule has 0 aliphatic heterocycles. The SMILES string of the molecule is COCCC(NC(=O)OCC1c2ccccc2-c2ccccc21)C(=O)NCC(F)(F)C(=O)O. The van der Waals surface area contributed by atoms with Crippen LogP contribution in [0.15, 0.2) is 48.5 Å². The predicted molar refractivity (Wildman–Crippen MR) is 114 cm³/mol. The lowest BCUT2D eigenvalue weighted by atomic mass is 9.98. The van der Waals surface area contributed by atoms with Crippen LogP contribution in [0.5, 0.6) is 0 Å². The molecule has 0 spiro atoms. The second kappa shape index (κ2) is 10.4. The Balaban J connectivity index is 1.63. The Labute approximate surface area is 188 Å². The molecule has 0 fully saturated rings. The van der Waals surface area contributed by atoms with Gasteiger partial charge in [0, 0.05) is 26.1 Å². The van der Waals surface area contributed by atoms with Gasteiger partial charge >= 0.3 is 18.0 Å². The van der Waals surface area contributed by atoms with E-state index in [1.165, 1.54) is 7.11 Å². The number of rotatable bonds is 10. The van der Waals surface area contributed by atoms with E-state index in [1.807, 2.05) is 53.8 Å². The van der Waals surface area contributed by atoms with Gasteiger partial charge in [-0.1, -0.05) is 48.5 Å². The first-order chi connectivity index (χ1) is 15.7. The summed E-state index contributed by atoms with van der Waals surface area (Å²) >= 11 is 0. The molecule has 0 saturated carbocycles. The van der Waals surface area contributed by atoms with Crippen molar-refractivity contribution in [3.05, 3.63) is 59.7 Å². The number of amides is 2. The normalized spacial score (nSPS) is 13.5. The number of aliphatic carboxylic acids is 1. The summed E-state index contributed by atoms with van der Waals surface area (Å²) in [4.78, 5) is 35.2. The summed E-state index contributed by atoms with van der Waals surface area (Å²) in [5.41, 5.74) is 4.13. The average Bonchev–Trinajstić information content (AvgIpc) is 3.12. The zero-order chi connectivity index (χ0) is 24.0. The van der Waals surface area contributed by atoms with Gasteiger partial charge in [0.1, 0.15) is 12.6 Å². The van der Waals surface area contributed by atoms with E-state index < -0.39 is 36.5 Å². The number of nitrogens with one attached hydrogen (secondary N) is 2. The van der Waals surface area contributed by atoms with E-state index >= 15 is 0 Å². The lowest BCUT2D eigenvalue weighted by Gasteiger charge is -2.20. The van der Waals surface area contributed by atoms with Crippen molar-refractivity contribution in [2.45, 2.75) is 24.3 Å². The summed E-state index contributed by atoms with van der Waals surface area (Å²) in [6.07, 6.45) is -0.927. The van der Waals surface area contributed by atoms with E-state index in [0.717, 1.165) is 22.3 Å². The van der Waals surface area contributed by atoms with Gasteiger partial charge in [-0.05, 0) is 22.3 Å². The van der Waals surface area contributed by atoms with Crippen LogP contribution in [0.4, 0.5) is 13.6 Å². The summed E-state index contributed by atoms with van der Waals surface area (Å²) in [6, 6.07) is 14.3. The molecule has 1 aliphatic rings. The summed E-state index contributed by atoms with van der Waals surface area (Å²) in [5, 5.41) is 12.7. The van der Waals surface area contributed by atoms with Gasteiger partial charge in [-0.15, -0.1) is 0 Å². The van der Waals surface area contributed by atoms with Crippen LogP contribution in [0.3, 0.4) is 0 Å². The van der Waals surface area contributed by atoms with Crippen LogP contribution < -0.4 is 10.6 Å². The molecule has 10 heteroatoms. The van der Waals surface area contributed by atoms with Gasteiger partial charge < -0.3 is 25.2 Å². The maximum absolute atomic E-state index is 13.3. The molecule has 2 amide bonds. The van der Waals surface area contributed by atoms with Gasteiger partial charge in [-0.2, -0.15) is 8.78 Å². The standard InChI is InChI=1S/C23H24F2N2O6/c1-32-11-10-19(20(28)26-13-23(24,25)21(29)30)27-22(31)33-12-18-16-8-4-2-6-14(16)15-7-3-5-9-17(15)18/h2-9,18-19H,10-13H2,1H3,(H,26,28)(H,27,31)(H,29,30). The Kier molecular flexibility index (Phi) is 7.59. The van der Waals surface area contributed by atoms with Crippen molar-refractivity contribution < 1.29 is 37.7 Å². The molecular weight excluding hydrogens is 438 g/mol. The highest BCUT2D eigenvalue weighted by atomic mass is 19.3. The first kappa shape index (κ1) is 24.1. The quantitative estimate of drug-likeness (QED) is 0.500. The van der Waals surface area contributed by atoms with Gasteiger partial charge in [0.25, 0.3) is 0 Å². The third-order valence-corrected chi connectivity index (χ3v) is 5.36. The molecule has 0 heterocycles. The minimum atomic E-state index is -4.13. The predicted octanol–water partition coefficient (Wildman–Crippen LogP) is 2.77. The average molecular weight is 462 g/mol. The minimum Gasteiger partial charge on any atom is -0.477 e. The maximum Gasteiger partial charge on any atom is 0.407 e. The molecule has 3 N–H and O–H groups in total. The van der Waals surface area contributed by atoms with Crippen molar-refractivity contribution in [2.24, 2.45) is 0 Å². The number of carbonyl (C=O) groups excluding carboxylic acids is 2. The van der Waals surface area contributed by atoms with E-state index in [9.17, 15) is 23.2 Å². The number of ether oxygens (including phenoxy) is 2. The van der Waals surface area contributed by atoms with Gasteiger partial charge in [0.15, 0.2) is 0 Å². The molecule has 0 radical (unpaired) electrons. The fraction of sp³-hybridized carbons (Fsp3) is 0.348. The van der Waals surface area contributed by atoms with Crippen molar-refractivity contribution >= 4 is 18.0 Å². The highest BCUT2D eigenvalue weighted by Crippen LogP contribution is 2.44. The largest absolute Gasteiger partial charge is 0.477 e. The lowest BCUT2D eigenvalue weighted by molar-refractivity contribution is -0.164. The van der Waals surface area contributed by atoms with E-state index in [-0.39, 0.29) is 25.6 Å². The Morgan fingerprint density at radius 1 is 1.06 bits per heavy atom. The van der Waals surface area contributed by atoms with Crippen molar-refractivity contribution in [3.63, 3.8) is 0 Å². The number of benzene rings is 2. The number of methoxy groups -OCH3 is 1. The number of hydrogen-bond donors (Lipinski definition) is 3. The van der Waals surface area contributed by atoms with E-state index in [2.05, 4.69) is 5.32 Å². The molecule has 1 aliphatic carbocycles. The second-order valence-electron chi connectivity index (χ2n) is 7.53. The van der Waals surface area contributed by atoms with Gasteiger partial charge in [0.2, 0.25) is 5.91 Å². The van der Waals surface area contributed by atoms with Crippen LogP contribution in [0.1, 0.15) is 23.5 Å². The summed E-state index contributed by atoms with van der Waals surface area (Å²) < 4.78 is 36.8. The molecule has 0 aromatic heterocycles. The number of halogens is 2. The highest BCUT2D eigenvalue weighted by Gasteiger charge is 2.39. The zero-order valence-electron chi connectivity index (χ0n) is 17.8. The monoisotopic (exact) mass is 462 g/mol. The summed E-state index contributed by atoms with van der Waals surface area (Å²) in [6.45, 7) is -1.34. The Morgan fingerprint density at radius 3 is 2.18 bits per heavy atom. The molecule has 176 valence electrons. The third kappa shape index (κ3) is 5.64. The van der Waals surface area contributed by atoms with Crippen molar-refractivity contribution in [1.82, 2.24) is 10.6 Å². The summed E-state index contributed by atoms with van der Waals surface area (Å²) in [7, 11) is 1.38. The van der Waals surface area contributed by atoms with Gasteiger partial charge in [-0.3, -0.25) is 4.79 Å². The highest BCUT2D eigenvalue weighted by molar-refractivity contribution is 5.86. The molecule has 3 rings (SSSR count). The minimum absolute atomic E-state index is 0.00949. The van der Waals surface area contributed by atoms with Crippen molar-refractivity contribution in [2.75, 3.05) is 26.9 Å². The molecule has 0 bridgehead atoms. The fourth-order valence-corrected chi connectivity index (χ4v) is 3.68. The molecule has 1 atom stereocenters. The van der Waals surface area contributed by atoms with Crippen molar-refractivity contribution in [3.8, 4) is 11.1 Å². The molecule has 0 saturated heterocycles. The zero-order valence-corrected chi connectivity index (χ0v) is 17.8. The Morgan fingerprint density at radius 2 is 1.64 bits per heavy atom. The van der Waals surface area contributed by atoms with Crippen LogP contribution in [0.25, 0.3) is 11.1 Å². The fourth-order valence-electron chi connectivity index (χ4n) is 3.68. The number of carbonyl (C=O) groups is 3. The number of alkyl carbamates (subject to hydrolysis) is 1. The first-order valence-electron chi connectivity index (χ1n) is 10.2. The Bertz CT molecular complexity index is 984. The molecule has 33 heavy (non-hydrogen) atoms. The number of fused-ring (bicyclic) bond motifs is 3. The van der Waals surface area contributed by atoms with Crippen LogP contribution in [-0.4, -0.2) is 61.9 Å². The topological polar surface area (TPSA) is 114 Å².